The Balaban J connectivity index is 1.71. The molecule has 0 fully saturated rings. The minimum Gasteiger partial charge on any atom is -0.313 e. The van der Waals surface area contributed by atoms with Gasteiger partial charge in [0, 0.05) is 24.9 Å². The minimum atomic E-state index is 0.930. The molecule has 0 aliphatic heterocycles. The van der Waals surface area contributed by atoms with Gasteiger partial charge in [-0.05, 0) is 18.9 Å². The zero-order valence-corrected chi connectivity index (χ0v) is 13.0. The lowest BCUT2D eigenvalue weighted by Gasteiger charge is -2.04. The summed E-state index contributed by atoms with van der Waals surface area (Å²) in [4.78, 5) is 4.58. The van der Waals surface area contributed by atoms with Crippen molar-refractivity contribution in [2.45, 2.75) is 26.7 Å². The summed E-state index contributed by atoms with van der Waals surface area (Å²) in [5.41, 5.74) is 3.83. The van der Waals surface area contributed by atoms with Gasteiger partial charge in [0.25, 0.3) is 0 Å². The highest BCUT2D eigenvalue weighted by Crippen LogP contribution is 2.10. The quantitative estimate of drug-likeness (QED) is 0.780. The maximum absolute atomic E-state index is 4.58. The Morgan fingerprint density at radius 2 is 2.10 bits per heavy atom. The number of aromatic nitrogens is 1. The summed E-state index contributed by atoms with van der Waals surface area (Å²) < 4.78 is 0. The van der Waals surface area contributed by atoms with E-state index in [1.54, 1.807) is 11.3 Å². The van der Waals surface area contributed by atoms with Crippen LogP contribution in [0.5, 0.6) is 0 Å². The Bertz CT molecular complexity index is 543. The molecule has 0 amide bonds. The molecule has 0 spiro atoms. The molecule has 2 nitrogen and oxygen atoms in total. The summed E-state index contributed by atoms with van der Waals surface area (Å²) in [5, 5.41) is 6.89. The molecule has 1 N–H and O–H groups in total. The van der Waals surface area contributed by atoms with Gasteiger partial charge >= 0.3 is 0 Å². The first-order valence-corrected chi connectivity index (χ1v) is 8.02. The summed E-state index contributed by atoms with van der Waals surface area (Å²) in [6.07, 6.45) is 4.27. The summed E-state index contributed by atoms with van der Waals surface area (Å²) >= 11 is 1.77. The maximum atomic E-state index is 4.58. The molecule has 0 saturated heterocycles. The van der Waals surface area contributed by atoms with Crippen LogP contribution in [-0.2, 0) is 12.8 Å². The van der Waals surface area contributed by atoms with Crippen LogP contribution in [0.3, 0.4) is 0 Å². The fourth-order valence-corrected chi connectivity index (χ4v) is 2.79. The molecule has 0 unspecified atom stereocenters. The Kier molecular flexibility index (Phi) is 5.96. The second-order valence-corrected chi connectivity index (χ2v) is 5.86. The van der Waals surface area contributed by atoms with Crippen molar-refractivity contribution in [3.05, 3.63) is 57.6 Å². The average Bonchev–Trinajstić information content (AvgIpc) is 2.93. The van der Waals surface area contributed by atoms with Gasteiger partial charge < -0.3 is 5.32 Å². The first-order chi connectivity index (χ1) is 9.78. The van der Waals surface area contributed by atoms with Crippen molar-refractivity contribution in [2.24, 2.45) is 0 Å². The molecule has 0 atom stereocenters. The average molecular weight is 286 g/mol. The van der Waals surface area contributed by atoms with Gasteiger partial charge in [0.1, 0.15) is 0 Å². The molecule has 106 valence electrons. The SMILES string of the molecule is CCc1nc(CCNC/C(C)=C/c2ccccc2)cs1. The zero-order valence-electron chi connectivity index (χ0n) is 12.2. The lowest BCUT2D eigenvalue weighted by Crippen LogP contribution is -2.19. The highest BCUT2D eigenvalue weighted by atomic mass is 32.1. The summed E-state index contributed by atoms with van der Waals surface area (Å²) in [6.45, 7) is 6.23. The van der Waals surface area contributed by atoms with Crippen molar-refractivity contribution in [3.63, 3.8) is 0 Å². The molecule has 0 bridgehead atoms. The Hall–Kier alpha value is -1.45. The second-order valence-electron chi connectivity index (χ2n) is 4.91. The van der Waals surface area contributed by atoms with Gasteiger partial charge in [-0.25, -0.2) is 4.98 Å². The van der Waals surface area contributed by atoms with E-state index in [1.807, 2.05) is 6.07 Å². The molecule has 1 aromatic carbocycles. The van der Waals surface area contributed by atoms with Gasteiger partial charge in [0.15, 0.2) is 0 Å². The van der Waals surface area contributed by atoms with E-state index in [9.17, 15) is 0 Å². The number of hydrogen-bond donors (Lipinski definition) is 1. The van der Waals surface area contributed by atoms with E-state index >= 15 is 0 Å². The number of thiazole rings is 1. The molecule has 2 rings (SSSR count). The van der Waals surface area contributed by atoms with Gasteiger partial charge in [0.2, 0.25) is 0 Å². The fraction of sp³-hybridized carbons (Fsp3) is 0.353. The molecule has 0 radical (unpaired) electrons. The van der Waals surface area contributed by atoms with Crippen molar-refractivity contribution in [3.8, 4) is 0 Å². The third-order valence-electron chi connectivity index (χ3n) is 3.08. The van der Waals surface area contributed by atoms with Gasteiger partial charge in [0.05, 0.1) is 10.7 Å². The minimum absolute atomic E-state index is 0.930. The first-order valence-electron chi connectivity index (χ1n) is 7.14. The lowest BCUT2D eigenvalue weighted by atomic mass is 10.1. The van der Waals surface area contributed by atoms with E-state index in [4.69, 9.17) is 0 Å². The Morgan fingerprint density at radius 1 is 1.30 bits per heavy atom. The number of nitrogens with one attached hydrogen (secondary N) is 1. The fourth-order valence-electron chi connectivity index (χ4n) is 2.01. The van der Waals surface area contributed by atoms with Crippen LogP contribution in [0.15, 0.2) is 41.3 Å². The van der Waals surface area contributed by atoms with Crippen LogP contribution >= 0.6 is 11.3 Å². The smallest absolute Gasteiger partial charge is 0.0925 e. The molecule has 3 heteroatoms. The number of aryl methyl sites for hydroxylation is 1. The van der Waals surface area contributed by atoms with Gasteiger partial charge in [-0.3, -0.25) is 0 Å². The van der Waals surface area contributed by atoms with Crippen LogP contribution in [0.1, 0.15) is 30.1 Å². The van der Waals surface area contributed by atoms with Crippen molar-refractivity contribution >= 4 is 17.4 Å². The predicted molar refractivity (Wildman–Crippen MR) is 88.2 cm³/mol. The molecule has 0 aliphatic carbocycles. The van der Waals surface area contributed by atoms with Crippen LogP contribution in [0.4, 0.5) is 0 Å². The zero-order chi connectivity index (χ0) is 14.2. The highest BCUT2D eigenvalue weighted by Gasteiger charge is 1.99. The van der Waals surface area contributed by atoms with E-state index in [0.29, 0.717) is 0 Å². The molecular weight excluding hydrogens is 264 g/mol. The molecule has 0 aliphatic rings. The Labute approximate surface area is 125 Å². The highest BCUT2D eigenvalue weighted by molar-refractivity contribution is 7.09. The number of benzene rings is 1. The first kappa shape index (κ1) is 14.9. The summed E-state index contributed by atoms with van der Waals surface area (Å²) in [6, 6.07) is 10.4. The second kappa shape index (κ2) is 7.98. The summed E-state index contributed by atoms with van der Waals surface area (Å²) in [7, 11) is 0. The van der Waals surface area contributed by atoms with Gasteiger partial charge in [-0.2, -0.15) is 0 Å². The van der Waals surface area contributed by atoms with Crippen molar-refractivity contribution < 1.29 is 0 Å². The third kappa shape index (κ3) is 4.91. The molecule has 0 saturated carbocycles. The normalized spacial score (nSPS) is 11.8. The number of rotatable bonds is 7. The van der Waals surface area contributed by atoms with Crippen LogP contribution < -0.4 is 5.32 Å². The van der Waals surface area contributed by atoms with Crippen molar-refractivity contribution in [1.82, 2.24) is 10.3 Å². The standard InChI is InChI=1S/C17H22N2S/c1-3-17-19-16(13-20-17)9-10-18-12-14(2)11-15-7-5-4-6-8-15/h4-8,11,13,18H,3,9-10,12H2,1-2H3/b14-11+. The summed E-state index contributed by atoms with van der Waals surface area (Å²) in [5.74, 6) is 0. The molecule has 1 heterocycles. The van der Waals surface area contributed by atoms with Crippen LogP contribution in [0.2, 0.25) is 0 Å². The number of hydrogen-bond acceptors (Lipinski definition) is 3. The van der Waals surface area contributed by atoms with Crippen molar-refractivity contribution in [1.29, 1.82) is 0 Å². The Morgan fingerprint density at radius 3 is 2.80 bits per heavy atom. The molecule has 1 aromatic heterocycles. The van der Waals surface area contributed by atoms with E-state index in [2.05, 4.69) is 59.9 Å². The van der Waals surface area contributed by atoms with E-state index < -0.39 is 0 Å². The van der Waals surface area contributed by atoms with Gasteiger partial charge in [-0.1, -0.05) is 48.9 Å². The largest absolute Gasteiger partial charge is 0.313 e. The van der Waals surface area contributed by atoms with Crippen LogP contribution in [0.25, 0.3) is 6.08 Å². The van der Waals surface area contributed by atoms with Gasteiger partial charge in [-0.15, -0.1) is 11.3 Å². The molecule has 20 heavy (non-hydrogen) atoms. The topological polar surface area (TPSA) is 24.9 Å². The van der Waals surface area contributed by atoms with E-state index in [1.165, 1.54) is 21.8 Å². The third-order valence-corrected chi connectivity index (χ3v) is 4.12. The predicted octanol–water partition coefficient (Wildman–Crippen LogP) is 3.94. The molecular formula is C17H22N2S. The maximum Gasteiger partial charge on any atom is 0.0925 e. The van der Waals surface area contributed by atoms with Crippen LogP contribution in [-0.4, -0.2) is 18.1 Å². The van der Waals surface area contributed by atoms with Crippen LogP contribution in [0, 0.1) is 0 Å². The van der Waals surface area contributed by atoms with E-state index in [-0.39, 0.29) is 0 Å². The van der Waals surface area contributed by atoms with E-state index in [0.717, 1.165) is 25.9 Å². The monoisotopic (exact) mass is 286 g/mol. The molecule has 2 aromatic rings. The number of nitrogens with zero attached hydrogens (tertiary/aromatic N) is 1. The van der Waals surface area contributed by atoms with Crippen molar-refractivity contribution in [2.75, 3.05) is 13.1 Å². The lowest BCUT2D eigenvalue weighted by molar-refractivity contribution is 0.721.